The van der Waals surface area contributed by atoms with Gasteiger partial charge >= 0.3 is 0 Å². The van der Waals surface area contributed by atoms with Crippen LogP contribution in [0.15, 0.2) is 24.3 Å². The van der Waals surface area contributed by atoms with Crippen LogP contribution >= 0.6 is 0 Å². The van der Waals surface area contributed by atoms with Crippen LogP contribution in [0.5, 0.6) is 5.75 Å². The number of hydrogen-bond donors (Lipinski definition) is 4. The number of amides is 1. The van der Waals surface area contributed by atoms with Gasteiger partial charge in [0.1, 0.15) is 0 Å². The molecule has 28 heavy (non-hydrogen) atoms. The molecule has 5 N–H and O–H groups in total. The lowest BCUT2D eigenvalue weighted by Gasteiger charge is -2.27. The summed E-state index contributed by atoms with van der Waals surface area (Å²) in [5.41, 5.74) is 8.39. The molecule has 0 bridgehead atoms. The number of hydrogen-bond acceptors (Lipinski definition) is 5. The lowest BCUT2D eigenvalue weighted by atomic mass is 9.91. The highest BCUT2D eigenvalue weighted by molar-refractivity contribution is 6.07. The Bertz CT molecular complexity index is 1040. The van der Waals surface area contributed by atoms with Gasteiger partial charge in [-0.05, 0) is 56.9 Å². The second-order valence-corrected chi connectivity index (χ2v) is 7.34. The number of aromatic hydroxyl groups is 1. The second kappa shape index (κ2) is 7.20. The Morgan fingerprint density at radius 2 is 2.04 bits per heavy atom. The van der Waals surface area contributed by atoms with Crippen molar-refractivity contribution in [2.24, 2.45) is 5.73 Å². The number of aryl methyl sites for hydroxylation is 1. The van der Waals surface area contributed by atoms with Gasteiger partial charge in [0, 0.05) is 17.6 Å². The van der Waals surface area contributed by atoms with Crippen LogP contribution in [0.25, 0.3) is 22.3 Å². The van der Waals surface area contributed by atoms with Gasteiger partial charge in [-0.3, -0.25) is 9.89 Å². The number of carbonyl (C=O) groups is 1. The van der Waals surface area contributed by atoms with Crippen molar-refractivity contribution in [2.75, 3.05) is 0 Å². The molecule has 0 radical (unpaired) electrons. The summed E-state index contributed by atoms with van der Waals surface area (Å²) < 4.78 is 13.8. The van der Waals surface area contributed by atoms with E-state index in [1.165, 1.54) is 12.1 Å². The van der Waals surface area contributed by atoms with Gasteiger partial charge in [0.2, 0.25) is 0 Å². The largest absolute Gasteiger partial charge is 0.505 e. The van der Waals surface area contributed by atoms with Crippen molar-refractivity contribution in [1.29, 1.82) is 0 Å². The van der Waals surface area contributed by atoms with Crippen LogP contribution in [0.1, 0.15) is 41.7 Å². The van der Waals surface area contributed by atoms with Crippen molar-refractivity contribution in [3.05, 3.63) is 41.3 Å². The molecule has 8 heteroatoms. The van der Waals surface area contributed by atoms with E-state index in [0.717, 1.165) is 25.7 Å². The summed E-state index contributed by atoms with van der Waals surface area (Å²) in [4.78, 5) is 17.5. The molecule has 2 heterocycles. The van der Waals surface area contributed by atoms with Crippen molar-refractivity contribution >= 4 is 16.9 Å². The number of benzene rings is 1. The van der Waals surface area contributed by atoms with E-state index in [1.54, 1.807) is 19.1 Å². The van der Waals surface area contributed by atoms with Crippen LogP contribution in [-0.2, 0) is 0 Å². The molecular formula is C20H22FN5O2. The number of carbonyl (C=O) groups excluding carboxylic acids is 1. The molecule has 7 nitrogen and oxygen atoms in total. The Hall–Kier alpha value is -3.00. The molecule has 1 amide bonds. The van der Waals surface area contributed by atoms with Gasteiger partial charge in [0.25, 0.3) is 5.91 Å². The van der Waals surface area contributed by atoms with E-state index in [2.05, 4.69) is 20.5 Å². The first-order valence-corrected chi connectivity index (χ1v) is 9.33. The molecule has 0 spiro atoms. The van der Waals surface area contributed by atoms with Crippen molar-refractivity contribution in [1.82, 2.24) is 20.5 Å². The van der Waals surface area contributed by atoms with E-state index in [0.29, 0.717) is 33.5 Å². The van der Waals surface area contributed by atoms with Gasteiger partial charge < -0.3 is 16.2 Å². The van der Waals surface area contributed by atoms with E-state index in [9.17, 15) is 14.3 Å². The maximum absolute atomic E-state index is 13.8. The molecule has 0 aliphatic heterocycles. The van der Waals surface area contributed by atoms with Crippen LogP contribution in [-0.4, -0.2) is 38.3 Å². The van der Waals surface area contributed by atoms with E-state index in [4.69, 9.17) is 5.73 Å². The van der Waals surface area contributed by atoms with Gasteiger partial charge in [0.05, 0.1) is 22.3 Å². The zero-order chi connectivity index (χ0) is 19.8. The minimum atomic E-state index is -0.746. The number of rotatable bonds is 3. The zero-order valence-electron chi connectivity index (χ0n) is 15.5. The summed E-state index contributed by atoms with van der Waals surface area (Å²) in [6.45, 7) is 1.80. The zero-order valence-corrected chi connectivity index (χ0v) is 15.5. The van der Waals surface area contributed by atoms with E-state index in [1.807, 2.05) is 0 Å². The number of nitrogens with two attached hydrogens (primary N) is 1. The van der Waals surface area contributed by atoms with E-state index in [-0.39, 0.29) is 18.0 Å². The SMILES string of the molecule is Cc1n[nH]c2nc(-c3ccc(O)c(F)c3)cc(C(=O)NC3CCC(N)CC3)c12. The predicted octanol–water partition coefficient (Wildman–Crippen LogP) is 2.78. The number of nitrogens with one attached hydrogen (secondary N) is 2. The number of phenols is 1. The smallest absolute Gasteiger partial charge is 0.252 e. The maximum Gasteiger partial charge on any atom is 0.252 e. The lowest BCUT2D eigenvalue weighted by molar-refractivity contribution is 0.0927. The molecule has 2 aromatic heterocycles. The number of nitrogens with zero attached hydrogens (tertiary/aromatic N) is 2. The molecule has 4 rings (SSSR count). The highest BCUT2D eigenvalue weighted by Gasteiger charge is 2.23. The molecule has 1 saturated carbocycles. The standard InChI is InChI=1S/C20H22FN5O2/c1-10-18-14(20(28)23-13-5-3-12(22)4-6-13)9-16(24-19(18)26-25-10)11-2-7-17(27)15(21)8-11/h2,7-9,12-13,27H,3-6,22H2,1H3,(H,23,28)(H,24,25,26). The molecular weight excluding hydrogens is 361 g/mol. The first-order chi connectivity index (χ1) is 13.4. The Balaban J connectivity index is 1.72. The van der Waals surface area contributed by atoms with Crippen LogP contribution in [0, 0.1) is 12.7 Å². The number of aromatic nitrogens is 3. The van der Waals surface area contributed by atoms with Gasteiger partial charge in [0.15, 0.2) is 17.2 Å². The maximum atomic E-state index is 13.8. The fourth-order valence-corrected chi connectivity index (χ4v) is 3.70. The van der Waals surface area contributed by atoms with E-state index >= 15 is 0 Å². The van der Waals surface area contributed by atoms with E-state index < -0.39 is 11.6 Å². The Labute approximate surface area is 161 Å². The third-order valence-corrected chi connectivity index (χ3v) is 5.31. The Kier molecular flexibility index (Phi) is 4.72. The van der Waals surface area contributed by atoms with Crippen molar-refractivity contribution < 1.29 is 14.3 Å². The summed E-state index contributed by atoms with van der Waals surface area (Å²) in [6, 6.07) is 5.93. The summed E-state index contributed by atoms with van der Waals surface area (Å²) in [5, 5.41) is 20.1. The van der Waals surface area contributed by atoms with Crippen LogP contribution in [0.3, 0.4) is 0 Å². The number of pyridine rings is 1. The topological polar surface area (TPSA) is 117 Å². The third kappa shape index (κ3) is 3.43. The fraction of sp³-hybridized carbons (Fsp3) is 0.350. The summed E-state index contributed by atoms with van der Waals surface area (Å²) in [5.74, 6) is -1.39. The molecule has 1 fully saturated rings. The highest BCUT2D eigenvalue weighted by atomic mass is 19.1. The Morgan fingerprint density at radius 1 is 1.29 bits per heavy atom. The number of aromatic amines is 1. The average molecular weight is 383 g/mol. The molecule has 1 aliphatic carbocycles. The predicted molar refractivity (Wildman–Crippen MR) is 103 cm³/mol. The molecule has 0 saturated heterocycles. The first kappa shape index (κ1) is 18.4. The number of fused-ring (bicyclic) bond motifs is 1. The summed E-state index contributed by atoms with van der Waals surface area (Å²) in [6.07, 6.45) is 3.47. The van der Waals surface area contributed by atoms with Crippen LogP contribution in [0.2, 0.25) is 0 Å². The summed E-state index contributed by atoms with van der Waals surface area (Å²) in [7, 11) is 0. The third-order valence-electron chi connectivity index (χ3n) is 5.31. The van der Waals surface area contributed by atoms with Gasteiger partial charge in [-0.1, -0.05) is 0 Å². The van der Waals surface area contributed by atoms with Crippen molar-refractivity contribution in [3.8, 4) is 17.0 Å². The Morgan fingerprint density at radius 3 is 2.75 bits per heavy atom. The minimum Gasteiger partial charge on any atom is -0.505 e. The number of halogens is 1. The molecule has 3 aromatic rings. The van der Waals surface area contributed by atoms with Gasteiger partial charge in [-0.15, -0.1) is 0 Å². The number of phenolic OH excluding ortho intramolecular Hbond substituents is 1. The van der Waals surface area contributed by atoms with Crippen molar-refractivity contribution in [3.63, 3.8) is 0 Å². The molecule has 1 aliphatic rings. The lowest BCUT2D eigenvalue weighted by Crippen LogP contribution is -2.40. The molecule has 0 unspecified atom stereocenters. The van der Waals surface area contributed by atoms with Crippen molar-refractivity contribution in [2.45, 2.75) is 44.7 Å². The second-order valence-electron chi connectivity index (χ2n) is 7.34. The summed E-state index contributed by atoms with van der Waals surface area (Å²) >= 11 is 0. The number of H-pyrrole nitrogens is 1. The monoisotopic (exact) mass is 383 g/mol. The van der Waals surface area contributed by atoms with Gasteiger partial charge in [-0.25, -0.2) is 9.37 Å². The van der Waals surface area contributed by atoms with Crippen LogP contribution < -0.4 is 11.1 Å². The minimum absolute atomic E-state index is 0.0808. The highest BCUT2D eigenvalue weighted by Crippen LogP contribution is 2.28. The van der Waals surface area contributed by atoms with Crippen LogP contribution in [0.4, 0.5) is 4.39 Å². The van der Waals surface area contributed by atoms with Gasteiger partial charge in [-0.2, -0.15) is 5.10 Å². The average Bonchev–Trinajstić information content (AvgIpc) is 3.06. The quantitative estimate of drug-likeness (QED) is 0.555. The molecule has 146 valence electrons. The molecule has 0 atom stereocenters. The fourth-order valence-electron chi connectivity index (χ4n) is 3.70. The first-order valence-electron chi connectivity index (χ1n) is 9.33. The normalized spacial score (nSPS) is 19.7. The molecule has 1 aromatic carbocycles.